The number of fused-ring (bicyclic) bond motifs is 1. The molecule has 0 radical (unpaired) electrons. The van der Waals surface area contributed by atoms with Crippen molar-refractivity contribution in [3.05, 3.63) is 53.6 Å². The maximum absolute atomic E-state index is 12.1. The highest BCUT2D eigenvalue weighted by Gasteiger charge is 2.14. The van der Waals surface area contributed by atoms with Crippen LogP contribution >= 0.6 is 23.1 Å². The number of rotatable bonds is 7. The van der Waals surface area contributed by atoms with E-state index in [1.165, 1.54) is 23.1 Å². The minimum atomic E-state index is -0.0636. The van der Waals surface area contributed by atoms with Crippen LogP contribution in [0.4, 0.5) is 10.8 Å². The molecule has 2 aromatic carbocycles. The first-order chi connectivity index (χ1) is 13.7. The number of thioether (sulfide) groups is 1. The third-order valence-corrected chi connectivity index (χ3v) is 6.02. The molecule has 0 saturated carbocycles. The number of para-hydroxylation sites is 1. The molecule has 2 N–H and O–H groups in total. The number of nitrogens with one attached hydrogen (secondary N) is 2. The summed E-state index contributed by atoms with van der Waals surface area (Å²) in [5.74, 6) is 1.66. The lowest BCUT2D eigenvalue weighted by Crippen LogP contribution is -2.24. The zero-order valence-corrected chi connectivity index (χ0v) is 16.7. The molecule has 0 saturated heterocycles. The van der Waals surface area contributed by atoms with Crippen LogP contribution in [0.2, 0.25) is 0 Å². The molecule has 28 heavy (non-hydrogen) atoms. The maximum atomic E-state index is 12.1. The molecule has 9 heteroatoms. The number of amides is 1. The van der Waals surface area contributed by atoms with Crippen LogP contribution in [0.15, 0.2) is 46.8 Å². The zero-order valence-electron chi connectivity index (χ0n) is 15.1. The van der Waals surface area contributed by atoms with Crippen molar-refractivity contribution in [3.63, 3.8) is 0 Å². The second kappa shape index (κ2) is 8.49. The van der Waals surface area contributed by atoms with Gasteiger partial charge in [0.25, 0.3) is 0 Å². The number of benzene rings is 2. The van der Waals surface area contributed by atoms with Gasteiger partial charge in [0.1, 0.15) is 0 Å². The fraction of sp³-hybridized carbons (Fsp3) is 0.211. The Labute approximate surface area is 170 Å². The van der Waals surface area contributed by atoms with E-state index in [0.717, 1.165) is 26.9 Å². The van der Waals surface area contributed by atoms with Gasteiger partial charge in [-0.3, -0.25) is 4.79 Å². The Morgan fingerprint density at radius 2 is 2.04 bits per heavy atom. The van der Waals surface area contributed by atoms with E-state index >= 15 is 0 Å². The van der Waals surface area contributed by atoms with E-state index < -0.39 is 0 Å². The molecule has 4 rings (SSSR count). The van der Waals surface area contributed by atoms with Gasteiger partial charge in [0.15, 0.2) is 15.8 Å². The summed E-state index contributed by atoms with van der Waals surface area (Å²) in [6.45, 7) is 2.71. The van der Waals surface area contributed by atoms with Gasteiger partial charge in [-0.25, -0.2) is 0 Å². The van der Waals surface area contributed by atoms with E-state index in [4.69, 9.17) is 9.47 Å². The molecule has 0 atom stereocenters. The lowest BCUT2D eigenvalue weighted by Gasteiger charge is -2.05. The fourth-order valence-corrected chi connectivity index (χ4v) is 4.17. The molecule has 0 spiro atoms. The van der Waals surface area contributed by atoms with E-state index in [2.05, 4.69) is 20.8 Å². The zero-order chi connectivity index (χ0) is 19.3. The van der Waals surface area contributed by atoms with E-state index in [1.807, 2.05) is 49.4 Å². The lowest BCUT2D eigenvalue weighted by molar-refractivity contribution is -0.118. The maximum Gasteiger partial charge on any atom is 0.231 e. The van der Waals surface area contributed by atoms with E-state index in [0.29, 0.717) is 17.4 Å². The number of ether oxygens (including phenoxy) is 2. The third kappa shape index (κ3) is 4.55. The summed E-state index contributed by atoms with van der Waals surface area (Å²) in [5.41, 5.74) is 3.09. The van der Waals surface area contributed by atoms with Crippen LogP contribution in [0.1, 0.15) is 11.1 Å². The van der Waals surface area contributed by atoms with Gasteiger partial charge in [-0.2, -0.15) is 0 Å². The van der Waals surface area contributed by atoms with Crippen molar-refractivity contribution >= 4 is 39.8 Å². The molecule has 0 bridgehead atoms. The fourth-order valence-electron chi connectivity index (χ4n) is 2.58. The molecular formula is C19H18N4O3S2. The highest BCUT2D eigenvalue weighted by atomic mass is 32.2. The largest absolute Gasteiger partial charge is 0.454 e. The minimum Gasteiger partial charge on any atom is -0.454 e. The molecule has 1 amide bonds. The summed E-state index contributed by atoms with van der Waals surface area (Å²) in [6, 6.07) is 13.6. The van der Waals surface area contributed by atoms with E-state index in [9.17, 15) is 4.79 Å². The van der Waals surface area contributed by atoms with Crippen LogP contribution in [0.3, 0.4) is 0 Å². The molecule has 1 aromatic heterocycles. The number of aryl methyl sites for hydroxylation is 1. The Hall–Kier alpha value is -2.78. The molecule has 7 nitrogen and oxygen atoms in total. The van der Waals surface area contributed by atoms with Crippen LogP contribution < -0.4 is 20.1 Å². The first-order valence-corrected chi connectivity index (χ1v) is 10.4. The second-order valence-electron chi connectivity index (χ2n) is 6.07. The predicted octanol–water partition coefficient (Wildman–Crippen LogP) is 3.73. The Balaban J connectivity index is 1.25. The SMILES string of the molecule is Cc1ccccc1Nc1nnc(SCC(=O)NCc2ccc3c(c2)OCO3)s1. The van der Waals surface area contributed by atoms with Gasteiger partial charge in [0.05, 0.1) is 5.75 Å². The number of carbonyl (C=O) groups excluding carboxylic acids is 1. The molecule has 1 aliphatic rings. The predicted molar refractivity (Wildman–Crippen MR) is 110 cm³/mol. The summed E-state index contributed by atoms with van der Waals surface area (Å²) in [7, 11) is 0. The summed E-state index contributed by atoms with van der Waals surface area (Å²) in [6.07, 6.45) is 0. The molecule has 1 aliphatic heterocycles. The number of hydrogen-bond acceptors (Lipinski definition) is 8. The first kappa shape index (κ1) is 18.6. The highest BCUT2D eigenvalue weighted by molar-refractivity contribution is 8.01. The molecule has 0 fully saturated rings. The Bertz CT molecular complexity index is 993. The van der Waals surface area contributed by atoms with Crippen LogP contribution in [-0.4, -0.2) is 28.7 Å². The second-order valence-corrected chi connectivity index (χ2v) is 8.27. The molecular weight excluding hydrogens is 396 g/mol. The van der Waals surface area contributed by atoms with Gasteiger partial charge < -0.3 is 20.1 Å². The van der Waals surface area contributed by atoms with Crippen molar-refractivity contribution in [3.8, 4) is 11.5 Å². The molecule has 3 aromatic rings. The van der Waals surface area contributed by atoms with Gasteiger partial charge in [-0.05, 0) is 36.2 Å². The highest BCUT2D eigenvalue weighted by Crippen LogP contribution is 2.32. The molecule has 144 valence electrons. The summed E-state index contributed by atoms with van der Waals surface area (Å²) in [4.78, 5) is 12.1. The number of anilines is 2. The average molecular weight is 415 g/mol. The summed E-state index contributed by atoms with van der Waals surface area (Å²) in [5, 5.41) is 15.1. The summed E-state index contributed by atoms with van der Waals surface area (Å²) < 4.78 is 11.4. The quantitative estimate of drug-likeness (QED) is 0.570. The summed E-state index contributed by atoms with van der Waals surface area (Å²) >= 11 is 2.79. The number of aromatic nitrogens is 2. The van der Waals surface area contributed by atoms with Gasteiger partial charge >= 0.3 is 0 Å². The number of hydrogen-bond donors (Lipinski definition) is 2. The lowest BCUT2D eigenvalue weighted by atomic mass is 10.2. The van der Waals surface area contributed by atoms with Crippen molar-refractivity contribution in [2.75, 3.05) is 17.9 Å². The van der Waals surface area contributed by atoms with Crippen molar-refractivity contribution in [1.82, 2.24) is 15.5 Å². The molecule has 0 aliphatic carbocycles. The Morgan fingerprint density at radius 1 is 1.18 bits per heavy atom. The van der Waals surface area contributed by atoms with Crippen molar-refractivity contribution < 1.29 is 14.3 Å². The topological polar surface area (TPSA) is 85.4 Å². The van der Waals surface area contributed by atoms with Crippen LogP contribution in [0.5, 0.6) is 11.5 Å². The van der Waals surface area contributed by atoms with Crippen LogP contribution in [0.25, 0.3) is 0 Å². The Morgan fingerprint density at radius 3 is 2.93 bits per heavy atom. The van der Waals surface area contributed by atoms with Crippen molar-refractivity contribution in [2.45, 2.75) is 17.8 Å². The van der Waals surface area contributed by atoms with Gasteiger partial charge in [-0.15, -0.1) is 10.2 Å². The smallest absolute Gasteiger partial charge is 0.231 e. The van der Waals surface area contributed by atoms with E-state index in [-0.39, 0.29) is 18.5 Å². The van der Waals surface area contributed by atoms with Crippen molar-refractivity contribution in [2.24, 2.45) is 0 Å². The average Bonchev–Trinajstić information content (AvgIpc) is 3.35. The van der Waals surface area contributed by atoms with Gasteiger partial charge in [0.2, 0.25) is 17.8 Å². The third-order valence-electron chi connectivity index (χ3n) is 4.05. The van der Waals surface area contributed by atoms with Crippen molar-refractivity contribution in [1.29, 1.82) is 0 Å². The van der Waals surface area contributed by atoms with E-state index in [1.54, 1.807) is 0 Å². The monoisotopic (exact) mass is 414 g/mol. The molecule has 2 heterocycles. The van der Waals surface area contributed by atoms with Crippen LogP contribution in [0, 0.1) is 6.92 Å². The number of carbonyl (C=O) groups is 1. The normalized spacial score (nSPS) is 12.0. The standard InChI is InChI=1S/C19H18N4O3S2/c1-12-4-2-3-5-14(12)21-18-22-23-19(28-18)27-10-17(24)20-9-13-6-7-15-16(8-13)26-11-25-15/h2-8H,9-11H2,1H3,(H,20,24)(H,21,22). The minimum absolute atomic E-state index is 0.0636. The first-order valence-electron chi connectivity index (χ1n) is 8.61. The van der Waals surface area contributed by atoms with Crippen LogP contribution in [-0.2, 0) is 11.3 Å². The molecule has 0 unspecified atom stereocenters. The Kier molecular flexibility index (Phi) is 5.63. The number of nitrogens with zero attached hydrogens (tertiary/aromatic N) is 2. The van der Waals surface area contributed by atoms with Gasteiger partial charge in [-0.1, -0.05) is 47.4 Å². The van der Waals surface area contributed by atoms with Gasteiger partial charge in [0, 0.05) is 12.2 Å².